The molecule has 0 aromatic carbocycles. The van der Waals surface area contributed by atoms with E-state index in [1.165, 1.54) is 7.11 Å². The number of esters is 1. The lowest BCUT2D eigenvalue weighted by Gasteiger charge is -2.17. The molecule has 0 fully saturated rings. The Balaban J connectivity index is 3.85. The summed E-state index contributed by atoms with van der Waals surface area (Å²) in [6, 6.07) is 0.0495. The Morgan fingerprint density at radius 3 is 2.67 bits per heavy atom. The molecule has 1 N–H and O–H groups in total. The normalized spacial score (nSPS) is 14.5. The molecule has 0 aliphatic heterocycles. The van der Waals surface area contributed by atoms with E-state index in [-0.39, 0.29) is 17.9 Å². The first-order chi connectivity index (χ1) is 5.63. The summed E-state index contributed by atoms with van der Waals surface area (Å²) in [6.07, 6.45) is 5.06. The smallest absolute Gasteiger partial charge is 0.309 e. The highest BCUT2D eigenvalue weighted by Crippen LogP contribution is 2.03. The lowest BCUT2D eigenvalue weighted by atomic mass is 10.0. The molecule has 0 saturated heterocycles. The number of hydrogen-bond acceptors (Lipinski definition) is 3. The minimum Gasteiger partial charge on any atom is -0.469 e. The third-order valence-electron chi connectivity index (χ3n) is 1.85. The van der Waals surface area contributed by atoms with Crippen molar-refractivity contribution in [1.82, 2.24) is 5.32 Å². The van der Waals surface area contributed by atoms with Crippen molar-refractivity contribution in [1.29, 1.82) is 0 Å². The second-order valence-corrected chi connectivity index (χ2v) is 2.69. The lowest BCUT2D eigenvalue weighted by Crippen LogP contribution is -2.36. The SMILES string of the molecule is C#CCNC(C)C(C)C(=O)OC. The molecule has 0 amide bonds. The number of rotatable bonds is 4. The minimum atomic E-state index is -0.216. The van der Waals surface area contributed by atoms with Crippen LogP contribution in [-0.2, 0) is 9.53 Å². The van der Waals surface area contributed by atoms with Crippen LogP contribution in [0.4, 0.5) is 0 Å². The highest BCUT2D eigenvalue weighted by Gasteiger charge is 2.19. The average molecular weight is 169 g/mol. The second kappa shape index (κ2) is 5.62. The summed E-state index contributed by atoms with van der Waals surface area (Å²) in [6.45, 7) is 4.18. The van der Waals surface area contributed by atoms with Gasteiger partial charge in [0.2, 0.25) is 0 Å². The number of carbonyl (C=O) groups excluding carboxylic acids is 1. The van der Waals surface area contributed by atoms with Crippen LogP contribution in [0.25, 0.3) is 0 Å². The Labute approximate surface area is 73.5 Å². The first kappa shape index (κ1) is 11.0. The molecule has 68 valence electrons. The molecule has 0 aliphatic rings. The van der Waals surface area contributed by atoms with Crippen LogP contribution in [0.2, 0.25) is 0 Å². The third-order valence-corrected chi connectivity index (χ3v) is 1.85. The Hall–Kier alpha value is -1.01. The number of nitrogens with one attached hydrogen (secondary N) is 1. The lowest BCUT2D eigenvalue weighted by molar-refractivity contribution is -0.145. The predicted molar refractivity (Wildman–Crippen MR) is 47.5 cm³/mol. The first-order valence-corrected chi connectivity index (χ1v) is 3.88. The molecular weight excluding hydrogens is 154 g/mol. The summed E-state index contributed by atoms with van der Waals surface area (Å²) >= 11 is 0. The van der Waals surface area contributed by atoms with Crippen LogP contribution in [0.1, 0.15) is 13.8 Å². The van der Waals surface area contributed by atoms with Crippen molar-refractivity contribution in [2.24, 2.45) is 5.92 Å². The quantitative estimate of drug-likeness (QED) is 0.489. The van der Waals surface area contributed by atoms with E-state index >= 15 is 0 Å². The van der Waals surface area contributed by atoms with E-state index in [1.54, 1.807) is 6.92 Å². The van der Waals surface area contributed by atoms with Crippen molar-refractivity contribution in [3.05, 3.63) is 0 Å². The fourth-order valence-corrected chi connectivity index (χ4v) is 0.787. The number of methoxy groups -OCH3 is 1. The molecule has 3 nitrogen and oxygen atoms in total. The number of carbonyl (C=O) groups is 1. The highest BCUT2D eigenvalue weighted by molar-refractivity contribution is 5.72. The Kier molecular flexibility index (Phi) is 5.14. The van der Waals surface area contributed by atoms with Crippen LogP contribution in [0.15, 0.2) is 0 Å². The van der Waals surface area contributed by atoms with Crippen molar-refractivity contribution in [2.75, 3.05) is 13.7 Å². The van der Waals surface area contributed by atoms with Crippen molar-refractivity contribution in [2.45, 2.75) is 19.9 Å². The Bertz CT molecular complexity index is 183. The largest absolute Gasteiger partial charge is 0.469 e. The van der Waals surface area contributed by atoms with Gasteiger partial charge < -0.3 is 10.1 Å². The number of hydrogen-bond donors (Lipinski definition) is 1. The monoisotopic (exact) mass is 169 g/mol. The molecular formula is C9H15NO2. The first-order valence-electron chi connectivity index (χ1n) is 3.88. The van der Waals surface area contributed by atoms with E-state index in [0.29, 0.717) is 6.54 Å². The summed E-state index contributed by atoms with van der Waals surface area (Å²) in [5.74, 6) is 2.07. The maximum absolute atomic E-state index is 11.0. The second-order valence-electron chi connectivity index (χ2n) is 2.69. The van der Waals surface area contributed by atoms with Crippen LogP contribution < -0.4 is 5.32 Å². The fourth-order valence-electron chi connectivity index (χ4n) is 0.787. The molecule has 0 heterocycles. The molecule has 0 aromatic heterocycles. The third kappa shape index (κ3) is 3.40. The molecule has 0 aliphatic carbocycles. The van der Waals surface area contributed by atoms with Gasteiger partial charge in [0.25, 0.3) is 0 Å². The molecule has 2 unspecified atom stereocenters. The van der Waals surface area contributed by atoms with Gasteiger partial charge in [-0.1, -0.05) is 12.8 Å². The van der Waals surface area contributed by atoms with Gasteiger partial charge in [-0.25, -0.2) is 0 Å². The standard InChI is InChI=1S/C9H15NO2/c1-5-6-10-8(3)7(2)9(11)12-4/h1,7-8,10H,6H2,2-4H3. The molecule has 12 heavy (non-hydrogen) atoms. The van der Waals surface area contributed by atoms with Crippen LogP contribution in [0.5, 0.6) is 0 Å². The van der Waals surface area contributed by atoms with Gasteiger partial charge in [-0.2, -0.15) is 0 Å². The molecule has 3 heteroatoms. The number of ether oxygens (including phenoxy) is 1. The van der Waals surface area contributed by atoms with E-state index in [0.717, 1.165) is 0 Å². The van der Waals surface area contributed by atoms with Gasteiger partial charge in [-0.3, -0.25) is 4.79 Å². The molecule has 0 rings (SSSR count). The Morgan fingerprint density at radius 1 is 1.67 bits per heavy atom. The van der Waals surface area contributed by atoms with Crippen molar-refractivity contribution in [3.63, 3.8) is 0 Å². The summed E-state index contributed by atoms with van der Waals surface area (Å²) in [5, 5.41) is 3.01. The summed E-state index contributed by atoms with van der Waals surface area (Å²) in [4.78, 5) is 11.0. The van der Waals surface area contributed by atoms with E-state index in [4.69, 9.17) is 6.42 Å². The fraction of sp³-hybridized carbons (Fsp3) is 0.667. The Morgan fingerprint density at radius 2 is 2.25 bits per heavy atom. The molecule has 0 saturated carbocycles. The van der Waals surface area contributed by atoms with Gasteiger partial charge in [-0.15, -0.1) is 6.42 Å². The van der Waals surface area contributed by atoms with Gasteiger partial charge in [0.05, 0.1) is 19.6 Å². The topological polar surface area (TPSA) is 38.3 Å². The zero-order valence-corrected chi connectivity index (χ0v) is 7.76. The van der Waals surface area contributed by atoms with Gasteiger partial charge >= 0.3 is 5.97 Å². The van der Waals surface area contributed by atoms with Crippen molar-refractivity contribution in [3.8, 4) is 12.3 Å². The highest BCUT2D eigenvalue weighted by atomic mass is 16.5. The van der Waals surface area contributed by atoms with Gasteiger partial charge in [0.1, 0.15) is 0 Å². The van der Waals surface area contributed by atoms with Crippen molar-refractivity contribution >= 4 is 5.97 Å². The van der Waals surface area contributed by atoms with Crippen LogP contribution >= 0.6 is 0 Å². The molecule has 0 spiro atoms. The van der Waals surface area contributed by atoms with Crippen LogP contribution in [0.3, 0.4) is 0 Å². The average Bonchev–Trinajstić information content (AvgIpc) is 2.11. The van der Waals surface area contributed by atoms with Gasteiger partial charge in [0, 0.05) is 6.04 Å². The summed E-state index contributed by atoms with van der Waals surface area (Å²) in [5.41, 5.74) is 0. The molecule has 0 aromatic rings. The maximum atomic E-state index is 11.0. The van der Waals surface area contributed by atoms with Crippen LogP contribution in [0, 0.1) is 18.3 Å². The van der Waals surface area contributed by atoms with E-state index in [1.807, 2.05) is 6.92 Å². The zero-order chi connectivity index (χ0) is 9.56. The van der Waals surface area contributed by atoms with Crippen LogP contribution in [-0.4, -0.2) is 25.7 Å². The zero-order valence-electron chi connectivity index (χ0n) is 7.76. The van der Waals surface area contributed by atoms with Gasteiger partial charge in [-0.05, 0) is 6.92 Å². The predicted octanol–water partition coefficient (Wildman–Crippen LogP) is 0.407. The van der Waals surface area contributed by atoms with E-state index < -0.39 is 0 Å². The number of terminal acetylenes is 1. The summed E-state index contributed by atoms with van der Waals surface area (Å²) in [7, 11) is 1.38. The molecule has 0 bridgehead atoms. The van der Waals surface area contributed by atoms with Crippen molar-refractivity contribution < 1.29 is 9.53 Å². The molecule has 2 atom stereocenters. The maximum Gasteiger partial charge on any atom is 0.309 e. The molecule has 0 radical (unpaired) electrons. The summed E-state index contributed by atoms with van der Waals surface area (Å²) < 4.78 is 4.58. The van der Waals surface area contributed by atoms with Gasteiger partial charge in [0.15, 0.2) is 0 Å². The minimum absolute atomic E-state index is 0.0495. The van der Waals surface area contributed by atoms with E-state index in [9.17, 15) is 4.79 Å². The van der Waals surface area contributed by atoms with E-state index in [2.05, 4.69) is 16.0 Å².